The van der Waals surface area contributed by atoms with Crippen LogP contribution in [0.3, 0.4) is 0 Å². The predicted molar refractivity (Wildman–Crippen MR) is 273 cm³/mol. The third kappa shape index (κ3) is 23.6. The number of benzene rings is 3. The minimum absolute atomic E-state index is 0. The van der Waals surface area contributed by atoms with Gasteiger partial charge in [0.2, 0.25) is 0 Å². The molecule has 0 saturated heterocycles. The molecule has 4 nitrogen and oxygen atoms in total. The van der Waals surface area contributed by atoms with Crippen LogP contribution in [0, 0.1) is 118 Å². The van der Waals surface area contributed by atoms with Crippen molar-refractivity contribution < 1.29 is 26.4 Å². The van der Waals surface area contributed by atoms with Crippen LogP contribution >= 0.6 is 24.3 Å². The largest absolute Gasteiger partial charge is 0.380 e. The molecule has 0 heterocycles. The number of allylic oxidation sites excluding steroid dienone is 2. The maximum absolute atomic E-state index is 11.1. The second-order valence-corrected chi connectivity index (χ2v) is 18.1. The van der Waals surface area contributed by atoms with E-state index in [1.807, 2.05) is 24.3 Å². The van der Waals surface area contributed by atoms with Crippen LogP contribution in [-0.4, -0.2) is 29.5 Å². The quantitative estimate of drug-likeness (QED) is 0.106. The van der Waals surface area contributed by atoms with E-state index in [9.17, 15) is 14.4 Å². The Morgan fingerprint density at radius 3 is 1.08 bits per heavy atom. The maximum atomic E-state index is 11.1. The first-order valence-corrected chi connectivity index (χ1v) is 23.4. The van der Waals surface area contributed by atoms with Crippen molar-refractivity contribution in [2.45, 2.75) is 65.2 Å². The van der Waals surface area contributed by atoms with Crippen molar-refractivity contribution in [2.75, 3.05) is 0 Å². The molecule has 312 valence electrons. The second-order valence-electron chi connectivity index (χ2n) is 12.3. The summed E-state index contributed by atoms with van der Waals surface area (Å²) < 4.78 is 0. The van der Waals surface area contributed by atoms with Crippen LogP contribution in [0.5, 0.6) is 0 Å². The minimum atomic E-state index is -1.88. The van der Waals surface area contributed by atoms with Crippen molar-refractivity contribution in [2.24, 2.45) is 11.8 Å². The van der Waals surface area contributed by atoms with Gasteiger partial charge in [-0.2, -0.15) is 0 Å². The van der Waals surface area contributed by atoms with Crippen molar-refractivity contribution in [3.8, 4) is 107 Å². The smallest absolute Gasteiger partial charge is 0.160 e. The predicted octanol–water partition coefficient (Wildman–Crippen LogP) is 9.21. The van der Waals surface area contributed by atoms with Crippen LogP contribution in [-0.2, 0) is 14.4 Å². The van der Waals surface area contributed by atoms with E-state index in [0.29, 0.717) is 11.8 Å². The van der Waals surface area contributed by atoms with Crippen molar-refractivity contribution in [1.29, 1.82) is 0 Å². The van der Waals surface area contributed by atoms with Gasteiger partial charge in [0.05, 0.1) is 0 Å². The van der Waals surface area contributed by atoms with Crippen molar-refractivity contribution in [3.05, 3.63) is 103 Å². The summed E-state index contributed by atoms with van der Waals surface area (Å²) in [5.41, 5.74) is 0. The molecule has 0 radical (unpaired) electrons. The molecule has 3 aromatic rings. The molecule has 7 heteroatoms. The first-order chi connectivity index (χ1) is 30.2. The molecule has 5 rings (SSSR count). The molecule has 1 N–H and O–H groups in total. The summed E-state index contributed by atoms with van der Waals surface area (Å²) in [6, 6.07) is 31.6. The SMILES string of the molecule is CC#CC#CC#CC#CC#CC#CC#CC#CC#CC.O=C/C=C/C1CCCC1.O=CC1CCCC1.O=CC=P[P+](c1ccccc1)(c1ccccc1)c1ccccc1.OP.[HH].[HH].[HH].[HH].[HH]. The summed E-state index contributed by atoms with van der Waals surface area (Å²) in [6.45, 7) is 1.52. The van der Waals surface area contributed by atoms with Gasteiger partial charge in [-0.15, -0.1) is 0 Å². The van der Waals surface area contributed by atoms with Crippen molar-refractivity contribution in [3.63, 3.8) is 0 Å². The Labute approximate surface area is 376 Å². The van der Waals surface area contributed by atoms with Gasteiger partial charge in [-0.25, -0.2) is 0 Å². The highest BCUT2D eigenvalue weighted by molar-refractivity contribution is 8.41. The Bertz CT molecular complexity index is 2280. The highest BCUT2D eigenvalue weighted by Crippen LogP contribution is 2.66. The zero-order valence-electron chi connectivity index (χ0n) is 34.6. The van der Waals surface area contributed by atoms with Crippen LogP contribution in [0.25, 0.3) is 0 Å². The van der Waals surface area contributed by atoms with Crippen LogP contribution < -0.4 is 15.9 Å². The number of hydrogen-bond donors (Lipinski definition) is 1. The molecule has 0 amide bonds. The van der Waals surface area contributed by atoms with Gasteiger partial charge in [-0.1, -0.05) is 98.2 Å². The van der Waals surface area contributed by atoms with Crippen molar-refractivity contribution >= 4 is 64.9 Å². The fourth-order valence-corrected chi connectivity index (χ4v) is 12.2. The summed E-state index contributed by atoms with van der Waals surface area (Å²) in [5, 5.41) is 3.87. The zero-order chi connectivity index (χ0) is 44.3. The Hall–Kier alpha value is -6.56. The van der Waals surface area contributed by atoms with E-state index in [0.717, 1.165) is 39.6 Å². The second kappa shape index (κ2) is 37.7. The fraction of sp³-hybridized carbons (Fsp3) is 0.222. The first kappa shape index (κ1) is 52.5. The molecule has 2 aliphatic rings. The Kier molecular flexibility index (Phi) is 32.4. The lowest BCUT2D eigenvalue weighted by atomic mass is 10.1. The molecule has 1 unspecified atom stereocenters. The standard InChI is InChI=1S/C20H17OP2.C20H6.C8H12O.C6H10O.H3OP.5H2/c21-16-17-22-23(18-10-4-1-5-11-18,19-12-6-2-7-13-19)20-14-8-3-9-15-20;1-3-5-7-9-11-13-15-17-19-20-18-16-14-12-10-8-6-4-2;9-7-3-6-8-4-1-2-5-8;7-5-6-3-1-2-4-6;1-2;;;;;/h1-17H;1-2H3;3,6-8H,1-2,4-5H2;5-6H,1-4H2;1H,2H2;5*1H/q+1;;;;;;;;;/b;;6-3+;;;;;;;. The maximum Gasteiger partial charge on any atom is 0.160 e. The van der Waals surface area contributed by atoms with Crippen LogP contribution in [0.4, 0.5) is 0 Å². The summed E-state index contributed by atoms with van der Waals surface area (Å²) in [6.07, 6.45) is 16.6. The summed E-state index contributed by atoms with van der Waals surface area (Å²) in [4.78, 5) is 37.9. The summed E-state index contributed by atoms with van der Waals surface area (Å²) in [5.74, 6) is 48.5. The Balaban J connectivity index is -0.000000262. The molecule has 0 aliphatic heterocycles. The fourth-order valence-electron chi connectivity index (χ4n) is 5.71. The lowest BCUT2D eigenvalue weighted by Gasteiger charge is -2.22. The summed E-state index contributed by atoms with van der Waals surface area (Å²) in [7, 11) is 2.46. The highest BCUT2D eigenvalue weighted by atomic mass is 32.1. The molecule has 61 heavy (non-hydrogen) atoms. The van der Waals surface area contributed by atoms with Gasteiger partial charge in [0.1, 0.15) is 36.4 Å². The average molecular weight is 864 g/mol. The van der Waals surface area contributed by atoms with Crippen LogP contribution in [0.15, 0.2) is 103 Å². The van der Waals surface area contributed by atoms with Gasteiger partial charge in [0.15, 0.2) is 13.2 Å². The van der Waals surface area contributed by atoms with Gasteiger partial charge in [-0.3, -0.25) is 9.59 Å². The van der Waals surface area contributed by atoms with Gasteiger partial charge < -0.3 is 9.69 Å². The average Bonchev–Trinajstić information content (AvgIpc) is 4.07. The Morgan fingerprint density at radius 2 is 0.820 bits per heavy atom. The molecular weight excluding hydrogens is 806 g/mol. The van der Waals surface area contributed by atoms with Gasteiger partial charge >= 0.3 is 0 Å². The lowest BCUT2D eigenvalue weighted by Crippen LogP contribution is -2.27. The number of aldehydes is 3. The third-order valence-electron chi connectivity index (χ3n) is 8.33. The highest BCUT2D eigenvalue weighted by Gasteiger charge is 2.44. The molecule has 1 atom stereocenters. The minimum Gasteiger partial charge on any atom is -0.380 e. The van der Waals surface area contributed by atoms with Crippen LogP contribution in [0.1, 0.15) is 72.3 Å². The van der Waals surface area contributed by atoms with E-state index in [-0.39, 0.29) is 7.13 Å². The van der Waals surface area contributed by atoms with E-state index >= 15 is 0 Å². The van der Waals surface area contributed by atoms with E-state index in [4.69, 9.17) is 4.89 Å². The van der Waals surface area contributed by atoms with Gasteiger partial charge in [0, 0.05) is 18.8 Å². The molecule has 2 aliphatic carbocycles. The number of carbonyl (C=O) groups excluding carboxylic acids is 3. The first-order valence-electron chi connectivity index (χ1n) is 19.4. The topological polar surface area (TPSA) is 71.4 Å². The number of rotatable bonds is 8. The van der Waals surface area contributed by atoms with Crippen molar-refractivity contribution in [1.82, 2.24) is 0 Å². The Morgan fingerprint density at radius 1 is 0.508 bits per heavy atom. The third-order valence-corrected chi connectivity index (χ3v) is 15.6. The zero-order valence-corrected chi connectivity index (χ0v) is 37.5. The van der Waals surface area contributed by atoms with E-state index in [1.165, 1.54) is 63.9 Å². The number of carbonyl (C=O) groups is 3. The number of hydrogen-bond acceptors (Lipinski definition) is 4. The molecule has 0 bridgehead atoms. The van der Waals surface area contributed by atoms with Gasteiger partial charge in [-0.05, 0) is 192 Å². The molecule has 0 aromatic heterocycles. The lowest BCUT2D eigenvalue weighted by molar-refractivity contribution is -0.111. The molecule has 0 spiro atoms. The monoisotopic (exact) mass is 863 g/mol. The van der Waals surface area contributed by atoms with E-state index < -0.39 is 6.95 Å². The molecule has 2 saturated carbocycles. The molecule has 3 aromatic carbocycles. The van der Waals surface area contributed by atoms with E-state index in [1.54, 1.807) is 25.7 Å². The van der Waals surface area contributed by atoms with E-state index in [2.05, 4.69) is 179 Å². The molecule has 2 fully saturated rings. The summed E-state index contributed by atoms with van der Waals surface area (Å²) >= 11 is 0. The normalized spacial score (nSPS) is 11.5. The van der Waals surface area contributed by atoms with Gasteiger partial charge in [0.25, 0.3) is 0 Å². The molecular formula is C54H58O4P3+. The van der Waals surface area contributed by atoms with Crippen LogP contribution in [0.2, 0.25) is 0 Å².